The molecule has 0 spiro atoms. The van der Waals surface area contributed by atoms with Crippen LogP contribution in [0.4, 0.5) is 0 Å². The van der Waals surface area contributed by atoms with Crippen molar-refractivity contribution in [2.75, 3.05) is 0 Å². The van der Waals surface area contributed by atoms with E-state index in [2.05, 4.69) is 4.98 Å². The Bertz CT molecular complexity index is 663. The highest BCUT2D eigenvalue weighted by molar-refractivity contribution is 5.71. The minimum absolute atomic E-state index is 0.0260. The van der Waals surface area contributed by atoms with Gasteiger partial charge in [0.1, 0.15) is 11.2 Å². The third kappa shape index (κ3) is 0.945. The molecule has 2 aromatic heterocycles. The molecule has 0 N–H and O–H groups in total. The number of nitrogens with zero attached hydrogens (tertiary/aromatic N) is 3. The van der Waals surface area contributed by atoms with Gasteiger partial charge in [-0.05, 0) is 13.0 Å². The maximum Gasteiger partial charge on any atom is 0.270 e. The standard InChI is InChI=1S/C10H9N3O2/c1-6-5-12-9(15)4-11-7-2-3-8(14)13(6)10(7)12/h2-4,6H,5H2,1H3. The largest absolute Gasteiger partial charge is 0.289 e. The monoisotopic (exact) mass is 203 g/mol. The molecule has 0 fully saturated rings. The van der Waals surface area contributed by atoms with Crippen LogP contribution in [0.3, 0.4) is 0 Å². The van der Waals surface area contributed by atoms with E-state index < -0.39 is 0 Å². The number of pyridine rings is 1. The highest BCUT2D eigenvalue weighted by Crippen LogP contribution is 2.20. The second kappa shape index (κ2) is 2.56. The average molecular weight is 203 g/mol. The number of hydrogen-bond donors (Lipinski definition) is 0. The summed E-state index contributed by atoms with van der Waals surface area (Å²) in [6.07, 6.45) is 1.30. The Hall–Kier alpha value is -1.91. The smallest absolute Gasteiger partial charge is 0.270 e. The van der Waals surface area contributed by atoms with Crippen LogP contribution < -0.4 is 11.1 Å². The maximum atomic E-state index is 11.6. The van der Waals surface area contributed by atoms with Gasteiger partial charge in [0.25, 0.3) is 11.1 Å². The second-order valence-corrected chi connectivity index (χ2v) is 3.81. The van der Waals surface area contributed by atoms with Gasteiger partial charge in [-0.3, -0.25) is 18.7 Å². The molecule has 15 heavy (non-hydrogen) atoms. The third-order valence-corrected chi connectivity index (χ3v) is 2.80. The van der Waals surface area contributed by atoms with E-state index in [9.17, 15) is 9.59 Å². The zero-order valence-corrected chi connectivity index (χ0v) is 8.17. The van der Waals surface area contributed by atoms with Crippen LogP contribution in [-0.2, 0) is 6.54 Å². The fourth-order valence-corrected chi connectivity index (χ4v) is 2.15. The molecule has 3 heterocycles. The lowest BCUT2D eigenvalue weighted by Gasteiger charge is -2.05. The van der Waals surface area contributed by atoms with Crippen LogP contribution in [0.1, 0.15) is 13.0 Å². The first kappa shape index (κ1) is 8.40. The first-order valence-electron chi connectivity index (χ1n) is 4.79. The summed E-state index contributed by atoms with van der Waals surface area (Å²) in [6.45, 7) is 2.48. The Morgan fingerprint density at radius 1 is 1.33 bits per heavy atom. The van der Waals surface area contributed by atoms with Crippen LogP contribution in [0.25, 0.3) is 11.2 Å². The van der Waals surface area contributed by atoms with Crippen molar-refractivity contribution >= 4 is 11.2 Å². The molecule has 76 valence electrons. The van der Waals surface area contributed by atoms with E-state index in [-0.39, 0.29) is 17.2 Å². The van der Waals surface area contributed by atoms with Crippen molar-refractivity contribution in [2.45, 2.75) is 19.5 Å². The van der Waals surface area contributed by atoms with Gasteiger partial charge in [-0.25, -0.2) is 4.98 Å². The van der Waals surface area contributed by atoms with Crippen LogP contribution >= 0.6 is 0 Å². The van der Waals surface area contributed by atoms with Crippen molar-refractivity contribution in [1.29, 1.82) is 0 Å². The van der Waals surface area contributed by atoms with Crippen molar-refractivity contribution < 1.29 is 0 Å². The molecule has 1 aliphatic rings. The Labute approximate surface area is 84.6 Å². The molecule has 1 unspecified atom stereocenters. The summed E-state index contributed by atoms with van der Waals surface area (Å²) < 4.78 is 3.23. The first-order valence-corrected chi connectivity index (χ1v) is 4.79. The van der Waals surface area contributed by atoms with Crippen molar-refractivity contribution in [3.8, 4) is 0 Å². The SMILES string of the molecule is CC1Cn2c(=O)cnc3ccc(=O)n1c32. The topological polar surface area (TPSA) is 56.9 Å². The summed E-state index contributed by atoms with van der Waals surface area (Å²) in [5.74, 6) is 0. The summed E-state index contributed by atoms with van der Waals surface area (Å²) >= 11 is 0. The van der Waals surface area contributed by atoms with E-state index in [1.54, 1.807) is 15.2 Å². The lowest BCUT2D eigenvalue weighted by Crippen LogP contribution is -2.20. The van der Waals surface area contributed by atoms with Gasteiger partial charge in [0.2, 0.25) is 0 Å². The molecule has 0 bridgehead atoms. The maximum absolute atomic E-state index is 11.6. The second-order valence-electron chi connectivity index (χ2n) is 3.81. The molecular weight excluding hydrogens is 194 g/mol. The third-order valence-electron chi connectivity index (χ3n) is 2.80. The Morgan fingerprint density at radius 2 is 2.13 bits per heavy atom. The molecular formula is C10H9N3O2. The number of hydrogen-bond acceptors (Lipinski definition) is 3. The van der Waals surface area contributed by atoms with Gasteiger partial charge in [-0.15, -0.1) is 0 Å². The molecule has 0 aromatic carbocycles. The molecule has 1 aliphatic heterocycles. The van der Waals surface area contributed by atoms with E-state index in [0.717, 1.165) is 0 Å². The van der Waals surface area contributed by atoms with Crippen molar-refractivity contribution in [1.82, 2.24) is 14.1 Å². The van der Waals surface area contributed by atoms with Gasteiger partial charge in [-0.1, -0.05) is 0 Å². The fraction of sp³-hybridized carbons (Fsp3) is 0.300. The summed E-state index contributed by atoms with van der Waals surface area (Å²) in [5, 5.41) is 0. The van der Waals surface area contributed by atoms with Gasteiger partial charge >= 0.3 is 0 Å². The highest BCUT2D eigenvalue weighted by atomic mass is 16.1. The van der Waals surface area contributed by atoms with E-state index in [1.165, 1.54) is 12.3 Å². The Morgan fingerprint density at radius 3 is 2.93 bits per heavy atom. The summed E-state index contributed by atoms with van der Waals surface area (Å²) in [5.41, 5.74) is 1.11. The molecule has 0 amide bonds. The minimum Gasteiger partial charge on any atom is -0.289 e. The number of aromatic nitrogens is 3. The van der Waals surface area contributed by atoms with E-state index in [0.29, 0.717) is 17.7 Å². The van der Waals surface area contributed by atoms with Crippen molar-refractivity contribution in [2.24, 2.45) is 0 Å². The van der Waals surface area contributed by atoms with Gasteiger partial charge in [0.15, 0.2) is 0 Å². The van der Waals surface area contributed by atoms with E-state index >= 15 is 0 Å². The lowest BCUT2D eigenvalue weighted by atomic mass is 10.3. The van der Waals surface area contributed by atoms with Crippen LogP contribution in [-0.4, -0.2) is 14.1 Å². The van der Waals surface area contributed by atoms with Crippen molar-refractivity contribution in [3.63, 3.8) is 0 Å². The molecule has 2 aromatic rings. The van der Waals surface area contributed by atoms with Crippen LogP contribution in [0.15, 0.2) is 27.9 Å². The quantitative estimate of drug-likeness (QED) is 0.611. The van der Waals surface area contributed by atoms with Gasteiger partial charge in [-0.2, -0.15) is 0 Å². The Balaban J connectivity index is 2.65. The molecule has 0 radical (unpaired) electrons. The molecule has 0 saturated heterocycles. The first-order chi connectivity index (χ1) is 7.18. The van der Waals surface area contributed by atoms with Crippen molar-refractivity contribution in [3.05, 3.63) is 39.0 Å². The molecule has 5 nitrogen and oxygen atoms in total. The summed E-state index contributed by atoms with van der Waals surface area (Å²) in [7, 11) is 0. The lowest BCUT2D eigenvalue weighted by molar-refractivity contribution is 0.527. The zero-order valence-electron chi connectivity index (χ0n) is 8.17. The summed E-state index contributed by atoms with van der Waals surface area (Å²) in [6, 6.07) is 3.17. The summed E-state index contributed by atoms with van der Waals surface area (Å²) in [4.78, 5) is 27.2. The predicted octanol–water partition coefficient (Wildman–Crippen LogP) is 0.133. The molecule has 0 saturated carbocycles. The fourth-order valence-electron chi connectivity index (χ4n) is 2.15. The Kier molecular flexibility index (Phi) is 1.44. The van der Waals surface area contributed by atoms with E-state index in [1.807, 2.05) is 6.92 Å². The normalized spacial score (nSPS) is 18.6. The predicted molar refractivity (Wildman–Crippen MR) is 55.0 cm³/mol. The molecule has 3 rings (SSSR count). The highest BCUT2D eigenvalue weighted by Gasteiger charge is 2.22. The molecule has 0 aliphatic carbocycles. The molecule has 5 heteroatoms. The molecule has 1 atom stereocenters. The van der Waals surface area contributed by atoms with Gasteiger partial charge < -0.3 is 0 Å². The average Bonchev–Trinajstić information content (AvgIpc) is 2.56. The minimum atomic E-state index is -0.147. The van der Waals surface area contributed by atoms with Crippen LogP contribution in [0.5, 0.6) is 0 Å². The number of rotatable bonds is 0. The van der Waals surface area contributed by atoms with Gasteiger partial charge in [0, 0.05) is 12.6 Å². The zero-order chi connectivity index (χ0) is 10.6. The van der Waals surface area contributed by atoms with Gasteiger partial charge in [0.05, 0.1) is 12.2 Å². The van der Waals surface area contributed by atoms with Crippen LogP contribution in [0.2, 0.25) is 0 Å². The van der Waals surface area contributed by atoms with Crippen LogP contribution in [0, 0.1) is 0 Å². The van der Waals surface area contributed by atoms with E-state index in [4.69, 9.17) is 0 Å².